The molecule has 1 aromatic heterocycles. The van der Waals surface area contributed by atoms with E-state index in [9.17, 15) is 24.0 Å². The van der Waals surface area contributed by atoms with E-state index in [1.165, 1.54) is 86.2 Å². The van der Waals surface area contributed by atoms with E-state index >= 15 is 0 Å². The number of hydrogen-bond donors (Lipinski definition) is 0. The molecule has 0 spiro atoms. The monoisotopic (exact) mass is 644 g/mol. The maximum Gasteiger partial charge on any atom is 0.415 e. The summed E-state index contributed by atoms with van der Waals surface area (Å²) in [5.41, 5.74) is 0.698. The lowest BCUT2D eigenvalue weighted by Crippen LogP contribution is -2.39. The molecular weight excluding hydrogens is 616 g/mol. The summed E-state index contributed by atoms with van der Waals surface area (Å²) < 4.78 is 26.4. The fraction of sp³-hybridized carbons (Fsp3) is 0.321. The number of nitrogens with zero attached hydrogens (tertiary/aromatic N) is 4. The van der Waals surface area contributed by atoms with E-state index in [2.05, 4.69) is 9.98 Å². The maximum absolute atomic E-state index is 12.7. The zero-order chi connectivity index (χ0) is 32.0. The normalized spacial score (nSPS) is 13.9. The van der Waals surface area contributed by atoms with Crippen LogP contribution in [0.15, 0.2) is 41.4 Å². The van der Waals surface area contributed by atoms with Crippen LogP contribution in [0.25, 0.3) is 10.2 Å². The fourth-order valence-corrected chi connectivity index (χ4v) is 5.76. The van der Waals surface area contributed by atoms with Gasteiger partial charge in [-0.2, -0.15) is 0 Å². The van der Waals surface area contributed by atoms with Crippen LogP contribution in [0.3, 0.4) is 0 Å². The van der Waals surface area contributed by atoms with Gasteiger partial charge < -0.3 is 33.5 Å². The Kier molecular flexibility index (Phi) is 10.4. The SMILES string of the molecule is COC(=O)[C@H]1CSC(c2nc3ccc(OC(=O)N(C)CCN(C)C(=O)Oc4ccc(OC(C)=O)c(OC(C)=O)c4)cc3s2)=N1. The van der Waals surface area contributed by atoms with Crippen LogP contribution in [0.1, 0.15) is 18.9 Å². The van der Waals surface area contributed by atoms with Gasteiger partial charge >= 0.3 is 30.1 Å². The molecule has 0 fully saturated rings. The first kappa shape index (κ1) is 32.2. The van der Waals surface area contributed by atoms with Gasteiger partial charge in [-0.3, -0.25) is 14.6 Å². The Morgan fingerprint density at radius 3 is 2.05 bits per heavy atom. The molecule has 0 N–H and O–H groups in total. The number of methoxy groups -OCH3 is 1. The average molecular weight is 645 g/mol. The molecule has 1 aliphatic heterocycles. The van der Waals surface area contributed by atoms with Crippen LogP contribution >= 0.6 is 23.1 Å². The lowest BCUT2D eigenvalue weighted by Gasteiger charge is -2.21. The summed E-state index contributed by atoms with van der Waals surface area (Å²) in [6.45, 7) is 2.60. The number of ether oxygens (including phenoxy) is 5. The third-order valence-electron chi connectivity index (χ3n) is 5.89. The Bertz CT molecular complexity index is 1640. The number of thioether (sulfide) groups is 1. The molecule has 1 aliphatic rings. The van der Waals surface area contributed by atoms with Crippen LogP contribution in [0, 0.1) is 0 Å². The summed E-state index contributed by atoms with van der Waals surface area (Å²) >= 11 is 2.80. The molecule has 14 nitrogen and oxygen atoms in total. The number of thiazole rings is 1. The Morgan fingerprint density at radius 1 is 0.841 bits per heavy atom. The number of hydrogen-bond acceptors (Lipinski definition) is 14. The molecule has 0 saturated heterocycles. The van der Waals surface area contributed by atoms with Gasteiger partial charge in [0.2, 0.25) is 0 Å². The Morgan fingerprint density at radius 2 is 1.43 bits per heavy atom. The molecule has 44 heavy (non-hydrogen) atoms. The van der Waals surface area contributed by atoms with Crippen LogP contribution in [0.4, 0.5) is 9.59 Å². The van der Waals surface area contributed by atoms with E-state index < -0.39 is 36.1 Å². The van der Waals surface area contributed by atoms with Crippen LogP contribution < -0.4 is 18.9 Å². The number of rotatable bonds is 9. The predicted octanol–water partition coefficient (Wildman–Crippen LogP) is 3.74. The number of aliphatic imine (C=N–C) groups is 1. The van der Waals surface area contributed by atoms with Crippen LogP contribution in [-0.2, 0) is 19.1 Å². The van der Waals surface area contributed by atoms with Crippen LogP contribution in [0.2, 0.25) is 0 Å². The first-order valence-electron chi connectivity index (χ1n) is 13.0. The summed E-state index contributed by atoms with van der Waals surface area (Å²) in [4.78, 5) is 71.3. The van der Waals surface area contributed by atoms with Gasteiger partial charge in [0.1, 0.15) is 21.6 Å². The van der Waals surface area contributed by atoms with Crippen molar-refractivity contribution in [3.05, 3.63) is 41.4 Å². The highest BCUT2D eigenvalue weighted by molar-refractivity contribution is 8.15. The second-order valence-electron chi connectivity index (χ2n) is 9.31. The highest BCUT2D eigenvalue weighted by Crippen LogP contribution is 2.33. The summed E-state index contributed by atoms with van der Waals surface area (Å²) in [5, 5.41) is 1.32. The molecule has 2 amide bonds. The lowest BCUT2D eigenvalue weighted by molar-refractivity contribution is -0.141. The Balaban J connectivity index is 1.31. The molecule has 0 aliphatic carbocycles. The number of carbonyl (C=O) groups is 5. The molecule has 2 aromatic carbocycles. The number of esters is 3. The number of benzene rings is 2. The van der Waals surface area contributed by atoms with Gasteiger partial charge in [0.05, 0.1) is 17.3 Å². The molecule has 1 atom stereocenters. The predicted molar refractivity (Wildman–Crippen MR) is 161 cm³/mol. The first-order chi connectivity index (χ1) is 20.9. The quantitative estimate of drug-likeness (QED) is 0.245. The van der Waals surface area contributed by atoms with E-state index in [0.717, 1.165) is 4.70 Å². The summed E-state index contributed by atoms with van der Waals surface area (Å²) in [6, 6.07) is 8.45. The van der Waals surface area contributed by atoms with Crippen molar-refractivity contribution in [2.45, 2.75) is 19.9 Å². The molecule has 2 heterocycles. The second-order valence-corrected chi connectivity index (χ2v) is 11.3. The molecule has 16 heteroatoms. The van der Waals surface area contributed by atoms with Crippen molar-refractivity contribution in [3.63, 3.8) is 0 Å². The van der Waals surface area contributed by atoms with Gasteiger partial charge in [-0.1, -0.05) is 0 Å². The second kappa shape index (κ2) is 14.2. The standard InChI is InChI=1S/C28H28N4O10S2/c1-15(33)39-21-9-7-17(12-22(21)40-16(2)34)41-27(36)31(3)10-11-32(4)28(37)42-18-6-8-19-23(13-18)44-25(29-19)24-30-20(14-43-24)26(35)38-5/h6-9,12-13,20H,10-11,14H2,1-5H3/t20-/m1/s1. The Labute approximate surface area is 259 Å². The molecule has 0 bridgehead atoms. The minimum atomic E-state index is -0.741. The molecule has 3 aromatic rings. The van der Waals surface area contributed by atoms with Gasteiger partial charge in [-0.15, -0.1) is 23.1 Å². The highest BCUT2D eigenvalue weighted by atomic mass is 32.2. The largest absolute Gasteiger partial charge is 0.467 e. The third-order valence-corrected chi connectivity index (χ3v) is 8.10. The number of amides is 2. The van der Waals surface area contributed by atoms with Crippen molar-refractivity contribution in [1.29, 1.82) is 0 Å². The number of fused-ring (bicyclic) bond motifs is 1. The van der Waals surface area contributed by atoms with E-state index in [-0.39, 0.29) is 30.3 Å². The van der Waals surface area contributed by atoms with Crippen molar-refractivity contribution in [1.82, 2.24) is 14.8 Å². The van der Waals surface area contributed by atoms with Crippen molar-refractivity contribution in [3.8, 4) is 23.0 Å². The van der Waals surface area contributed by atoms with Gasteiger partial charge in [-0.25, -0.2) is 19.4 Å². The summed E-state index contributed by atoms with van der Waals surface area (Å²) in [7, 11) is 4.33. The molecule has 4 rings (SSSR count). The van der Waals surface area contributed by atoms with Crippen molar-refractivity contribution in [2.75, 3.05) is 40.0 Å². The van der Waals surface area contributed by atoms with Crippen LogP contribution in [-0.4, -0.2) is 96.0 Å². The summed E-state index contributed by atoms with van der Waals surface area (Å²) in [5.74, 6) is -0.912. The smallest absolute Gasteiger partial charge is 0.415 e. The zero-order valence-electron chi connectivity index (χ0n) is 24.4. The number of likely N-dealkylation sites (N-methyl/N-ethyl adjacent to an activating group) is 2. The molecule has 0 saturated carbocycles. The minimum Gasteiger partial charge on any atom is -0.467 e. The van der Waals surface area contributed by atoms with Gasteiger partial charge in [-0.05, 0) is 24.3 Å². The fourth-order valence-electron chi connectivity index (χ4n) is 3.67. The number of aromatic nitrogens is 1. The zero-order valence-corrected chi connectivity index (χ0v) is 26.0. The molecule has 0 radical (unpaired) electrons. The number of carbonyl (C=O) groups excluding carboxylic acids is 5. The lowest BCUT2D eigenvalue weighted by atomic mass is 10.3. The van der Waals surface area contributed by atoms with Crippen LogP contribution in [0.5, 0.6) is 23.0 Å². The average Bonchev–Trinajstić information content (AvgIpc) is 3.63. The van der Waals surface area contributed by atoms with Gasteiger partial charge in [0.15, 0.2) is 17.5 Å². The molecular formula is C28H28N4O10S2. The van der Waals surface area contributed by atoms with E-state index in [0.29, 0.717) is 27.1 Å². The van der Waals surface area contributed by atoms with E-state index in [1.54, 1.807) is 18.2 Å². The molecule has 0 unspecified atom stereocenters. The first-order valence-corrected chi connectivity index (χ1v) is 14.8. The maximum atomic E-state index is 12.7. The third kappa shape index (κ3) is 8.23. The summed E-state index contributed by atoms with van der Waals surface area (Å²) in [6.07, 6.45) is -1.38. The van der Waals surface area contributed by atoms with Crippen molar-refractivity contribution < 1.29 is 47.7 Å². The topological polar surface area (TPSA) is 163 Å². The van der Waals surface area contributed by atoms with Gasteiger partial charge in [0, 0.05) is 58.9 Å². The van der Waals surface area contributed by atoms with Crippen molar-refractivity contribution >= 4 is 68.5 Å². The van der Waals surface area contributed by atoms with Crippen molar-refractivity contribution in [2.24, 2.45) is 4.99 Å². The van der Waals surface area contributed by atoms with E-state index in [4.69, 9.17) is 23.7 Å². The Hall–Kier alpha value is -4.70. The molecule has 232 valence electrons. The van der Waals surface area contributed by atoms with E-state index in [1.807, 2.05) is 0 Å². The highest BCUT2D eigenvalue weighted by Gasteiger charge is 2.28. The minimum absolute atomic E-state index is 0.00748. The van der Waals surface area contributed by atoms with Gasteiger partial charge in [0.25, 0.3) is 0 Å².